The Balaban J connectivity index is 0. The maximum absolute atomic E-state index is 11.2. The second-order valence-electron chi connectivity index (χ2n) is 6.70. The third-order valence-electron chi connectivity index (χ3n) is 4.20. The number of aliphatic carboxylic acids is 2. The summed E-state index contributed by atoms with van der Waals surface area (Å²) in [6.45, 7) is 2.16. The van der Waals surface area contributed by atoms with Crippen LogP contribution in [0.4, 0.5) is 0 Å². The van der Waals surface area contributed by atoms with Gasteiger partial charge < -0.3 is 14.9 Å². The van der Waals surface area contributed by atoms with Gasteiger partial charge in [-0.15, -0.1) is 0 Å². The molecule has 150 valence electrons. The standard InChI is InChI=1S/C18H34O4.C2H6O/c1-2-3-4-10-13-16(18(21)22)14-11-8-6-5-7-9-12-15-17(19)20;1-3-2/h16H,2-15H2,1H3,(H,19,20)(H,21,22);1-2H3. The molecule has 0 saturated carbocycles. The minimum absolute atomic E-state index is 0.160. The van der Waals surface area contributed by atoms with Crippen molar-refractivity contribution in [1.82, 2.24) is 0 Å². The zero-order chi connectivity index (χ0) is 19.3. The molecule has 0 aliphatic heterocycles. The molecule has 25 heavy (non-hydrogen) atoms. The van der Waals surface area contributed by atoms with Crippen LogP contribution in [0.1, 0.15) is 96.8 Å². The first kappa shape index (κ1) is 26.1. The van der Waals surface area contributed by atoms with Gasteiger partial charge in [0.05, 0.1) is 5.92 Å². The molecule has 0 aromatic heterocycles. The van der Waals surface area contributed by atoms with Crippen LogP contribution in [-0.2, 0) is 14.3 Å². The fraction of sp³-hybridized carbons (Fsp3) is 0.900. The van der Waals surface area contributed by atoms with Gasteiger partial charge in [-0.25, -0.2) is 0 Å². The Hall–Kier alpha value is -1.10. The summed E-state index contributed by atoms with van der Waals surface area (Å²) >= 11 is 0. The molecule has 5 nitrogen and oxygen atoms in total. The van der Waals surface area contributed by atoms with Crippen molar-refractivity contribution in [3.05, 3.63) is 0 Å². The van der Waals surface area contributed by atoms with E-state index in [0.29, 0.717) is 0 Å². The normalized spacial score (nSPS) is 11.5. The van der Waals surface area contributed by atoms with Gasteiger partial charge in [0.2, 0.25) is 0 Å². The van der Waals surface area contributed by atoms with Gasteiger partial charge in [0.1, 0.15) is 0 Å². The second-order valence-corrected chi connectivity index (χ2v) is 6.70. The molecular formula is C20H40O5. The number of carboxylic acid groups (broad SMARTS) is 2. The summed E-state index contributed by atoms with van der Waals surface area (Å²) < 4.78 is 4.25. The van der Waals surface area contributed by atoms with Crippen LogP contribution >= 0.6 is 0 Å². The average Bonchev–Trinajstić information content (AvgIpc) is 2.55. The van der Waals surface area contributed by atoms with Crippen molar-refractivity contribution in [3.63, 3.8) is 0 Å². The van der Waals surface area contributed by atoms with Crippen LogP contribution in [0.3, 0.4) is 0 Å². The van der Waals surface area contributed by atoms with Crippen molar-refractivity contribution < 1.29 is 24.5 Å². The smallest absolute Gasteiger partial charge is 0.306 e. The van der Waals surface area contributed by atoms with Gasteiger partial charge in [0.15, 0.2) is 0 Å². The van der Waals surface area contributed by atoms with E-state index in [9.17, 15) is 14.7 Å². The lowest BCUT2D eigenvalue weighted by molar-refractivity contribution is -0.142. The summed E-state index contributed by atoms with van der Waals surface area (Å²) in [7, 11) is 3.25. The maximum atomic E-state index is 11.2. The van der Waals surface area contributed by atoms with Crippen LogP contribution < -0.4 is 0 Å². The molecule has 2 N–H and O–H groups in total. The van der Waals surface area contributed by atoms with Crippen LogP contribution in [0.2, 0.25) is 0 Å². The van der Waals surface area contributed by atoms with Gasteiger partial charge in [-0.3, -0.25) is 9.59 Å². The van der Waals surface area contributed by atoms with Crippen molar-refractivity contribution in [3.8, 4) is 0 Å². The average molecular weight is 361 g/mol. The number of methoxy groups -OCH3 is 1. The number of hydrogen-bond donors (Lipinski definition) is 2. The topological polar surface area (TPSA) is 83.8 Å². The molecule has 0 heterocycles. The Morgan fingerprint density at radius 1 is 0.760 bits per heavy atom. The predicted octanol–water partition coefficient (Wildman–Crippen LogP) is 5.52. The van der Waals surface area contributed by atoms with Crippen LogP contribution in [0, 0.1) is 5.92 Å². The zero-order valence-corrected chi connectivity index (χ0v) is 16.6. The zero-order valence-electron chi connectivity index (χ0n) is 16.6. The predicted molar refractivity (Wildman–Crippen MR) is 102 cm³/mol. The van der Waals surface area contributed by atoms with E-state index < -0.39 is 11.9 Å². The Morgan fingerprint density at radius 3 is 1.56 bits per heavy atom. The molecule has 0 rings (SSSR count). The van der Waals surface area contributed by atoms with E-state index in [1.807, 2.05) is 0 Å². The SMILES string of the molecule is CCCCCCC(CCCCCCCCCC(=O)O)C(=O)O.COC. The van der Waals surface area contributed by atoms with Gasteiger partial charge in [0, 0.05) is 20.6 Å². The molecule has 0 amide bonds. The summed E-state index contributed by atoms with van der Waals surface area (Å²) in [4.78, 5) is 21.6. The molecule has 1 unspecified atom stereocenters. The van der Waals surface area contributed by atoms with E-state index in [-0.39, 0.29) is 12.3 Å². The van der Waals surface area contributed by atoms with Crippen molar-refractivity contribution >= 4 is 11.9 Å². The van der Waals surface area contributed by atoms with Gasteiger partial charge >= 0.3 is 11.9 Å². The largest absolute Gasteiger partial charge is 0.481 e. The molecule has 0 fully saturated rings. The number of unbranched alkanes of at least 4 members (excludes halogenated alkanes) is 9. The van der Waals surface area contributed by atoms with E-state index in [4.69, 9.17) is 5.11 Å². The van der Waals surface area contributed by atoms with E-state index in [2.05, 4.69) is 11.7 Å². The highest BCUT2D eigenvalue weighted by atomic mass is 16.4. The van der Waals surface area contributed by atoms with Crippen LogP contribution in [0.5, 0.6) is 0 Å². The third-order valence-corrected chi connectivity index (χ3v) is 4.20. The number of carboxylic acids is 2. The fourth-order valence-corrected chi connectivity index (χ4v) is 2.76. The van der Waals surface area contributed by atoms with Crippen molar-refractivity contribution in [2.75, 3.05) is 14.2 Å². The quantitative estimate of drug-likeness (QED) is 0.354. The highest BCUT2D eigenvalue weighted by Crippen LogP contribution is 2.19. The van der Waals surface area contributed by atoms with Gasteiger partial charge in [-0.05, 0) is 19.3 Å². The molecule has 0 radical (unpaired) electrons. The minimum atomic E-state index is -0.710. The first-order chi connectivity index (χ1) is 12.0. The number of rotatable bonds is 16. The van der Waals surface area contributed by atoms with Crippen LogP contribution in [0.15, 0.2) is 0 Å². The third kappa shape index (κ3) is 22.9. The van der Waals surface area contributed by atoms with Gasteiger partial charge in [-0.1, -0.05) is 71.1 Å². The highest BCUT2D eigenvalue weighted by Gasteiger charge is 2.16. The molecule has 1 atom stereocenters. The summed E-state index contributed by atoms with van der Waals surface area (Å²) in [6, 6.07) is 0. The van der Waals surface area contributed by atoms with Crippen molar-refractivity contribution in [2.24, 2.45) is 5.92 Å². The summed E-state index contributed by atoms with van der Waals surface area (Å²) in [5.41, 5.74) is 0. The minimum Gasteiger partial charge on any atom is -0.481 e. The van der Waals surface area contributed by atoms with Crippen molar-refractivity contribution in [2.45, 2.75) is 96.8 Å². The van der Waals surface area contributed by atoms with E-state index in [0.717, 1.165) is 70.6 Å². The van der Waals surface area contributed by atoms with Crippen LogP contribution in [0.25, 0.3) is 0 Å². The Bertz CT molecular complexity index is 304. The van der Waals surface area contributed by atoms with Crippen LogP contribution in [-0.4, -0.2) is 36.4 Å². The molecule has 0 aromatic carbocycles. The van der Waals surface area contributed by atoms with E-state index in [1.165, 1.54) is 12.8 Å². The second kappa shape index (κ2) is 20.9. The molecule has 0 bridgehead atoms. The molecular weight excluding hydrogens is 320 g/mol. The fourth-order valence-electron chi connectivity index (χ4n) is 2.76. The van der Waals surface area contributed by atoms with Gasteiger partial charge in [-0.2, -0.15) is 0 Å². The van der Waals surface area contributed by atoms with Gasteiger partial charge in [0.25, 0.3) is 0 Å². The molecule has 0 aliphatic rings. The Labute approximate surface area is 154 Å². The maximum Gasteiger partial charge on any atom is 0.306 e. The summed E-state index contributed by atoms with van der Waals surface area (Å²) in [6.07, 6.45) is 13.7. The molecule has 0 aliphatic carbocycles. The molecule has 5 heteroatoms. The number of hydrogen-bond acceptors (Lipinski definition) is 3. The first-order valence-electron chi connectivity index (χ1n) is 9.84. The lowest BCUT2D eigenvalue weighted by Crippen LogP contribution is -2.13. The van der Waals surface area contributed by atoms with Crippen molar-refractivity contribution in [1.29, 1.82) is 0 Å². The monoisotopic (exact) mass is 360 g/mol. The summed E-state index contributed by atoms with van der Waals surface area (Å²) in [5, 5.41) is 17.8. The number of ether oxygens (including phenoxy) is 1. The lowest BCUT2D eigenvalue weighted by atomic mass is 9.94. The van der Waals surface area contributed by atoms with E-state index in [1.54, 1.807) is 14.2 Å². The van der Waals surface area contributed by atoms with E-state index >= 15 is 0 Å². The Kier molecular flexibility index (Phi) is 21.9. The number of carbonyl (C=O) groups is 2. The first-order valence-corrected chi connectivity index (χ1v) is 9.84. The highest BCUT2D eigenvalue weighted by molar-refractivity contribution is 5.69. The lowest BCUT2D eigenvalue weighted by Gasteiger charge is -2.11. The Morgan fingerprint density at radius 2 is 1.16 bits per heavy atom. The summed E-state index contributed by atoms with van der Waals surface area (Å²) in [5.74, 6) is -1.50. The molecule has 0 spiro atoms. The molecule has 0 saturated heterocycles. The molecule has 0 aromatic rings.